The highest BCUT2D eigenvalue weighted by molar-refractivity contribution is 7.97. The highest BCUT2D eigenvalue weighted by atomic mass is 35.6. The lowest BCUT2D eigenvalue weighted by atomic mass is 10.6. The Morgan fingerprint density at radius 2 is 1.50 bits per heavy atom. The molecule has 0 radical (unpaired) electrons. The summed E-state index contributed by atoms with van der Waals surface area (Å²) >= 11 is 15.5. The fourth-order valence-electron chi connectivity index (χ4n) is 0.267. The van der Waals surface area contributed by atoms with Gasteiger partial charge in [-0.25, -0.2) is 8.42 Å². The second-order valence-electron chi connectivity index (χ2n) is 2.04. The van der Waals surface area contributed by atoms with E-state index in [4.69, 9.17) is 34.8 Å². The van der Waals surface area contributed by atoms with E-state index >= 15 is 0 Å². The minimum absolute atomic E-state index is 0.667. The van der Waals surface area contributed by atoms with E-state index in [1.54, 1.807) is 0 Å². The average Bonchev–Trinajstić information content (AvgIpc) is 1.62. The quantitative estimate of drug-likeness (QED) is 0.641. The Hall–Kier alpha value is 0.820. The van der Waals surface area contributed by atoms with Gasteiger partial charge in [0.15, 0.2) is 0 Å². The average molecular weight is 226 g/mol. The molecule has 0 saturated carbocycles. The van der Waals surface area contributed by atoms with Gasteiger partial charge in [0.2, 0.25) is 9.84 Å². The third-order valence-corrected chi connectivity index (χ3v) is 4.77. The Balaban J connectivity index is 4.79. The van der Waals surface area contributed by atoms with Crippen LogP contribution in [0.2, 0.25) is 0 Å². The van der Waals surface area contributed by atoms with Crippen molar-refractivity contribution in [2.75, 3.05) is 0 Å². The zero-order valence-electron chi connectivity index (χ0n) is 5.44. The van der Waals surface area contributed by atoms with Crippen LogP contribution in [0.25, 0.3) is 0 Å². The molecule has 0 aliphatic heterocycles. The summed E-state index contributed by atoms with van der Waals surface area (Å²) in [6.07, 6.45) is 0. The van der Waals surface area contributed by atoms with Gasteiger partial charge in [-0.1, -0.05) is 34.8 Å². The first-order valence-corrected chi connectivity index (χ1v) is 5.18. The fourth-order valence-corrected chi connectivity index (χ4v) is 2.41. The summed E-state index contributed by atoms with van der Waals surface area (Å²) in [5.41, 5.74) is 0. The molecule has 62 valence electrons. The summed E-state index contributed by atoms with van der Waals surface area (Å²) in [4.78, 5) is 0. The maximum atomic E-state index is 11.0. The molecule has 0 unspecified atom stereocenters. The van der Waals surface area contributed by atoms with Gasteiger partial charge < -0.3 is 0 Å². The molecule has 0 spiro atoms. The van der Waals surface area contributed by atoms with Crippen LogP contribution in [0.3, 0.4) is 0 Å². The van der Waals surface area contributed by atoms with E-state index in [9.17, 15) is 8.42 Å². The van der Waals surface area contributed by atoms with Crippen molar-refractivity contribution < 1.29 is 8.42 Å². The lowest BCUT2D eigenvalue weighted by Crippen LogP contribution is -2.27. The summed E-state index contributed by atoms with van der Waals surface area (Å²) in [6, 6.07) is 0. The van der Waals surface area contributed by atoms with E-state index in [0.29, 0.717) is 0 Å². The van der Waals surface area contributed by atoms with Crippen molar-refractivity contribution in [3.8, 4) is 0 Å². The van der Waals surface area contributed by atoms with E-state index in [1.165, 1.54) is 13.8 Å². The van der Waals surface area contributed by atoms with Crippen molar-refractivity contribution in [2.24, 2.45) is 0 Å². The topological polar surface area (TPSA) is 34.1 Å². The van der Waals surface area contributed by atoms with Crippen LogP contribution in [0.5, 0.6) is 0 Å². The van der Waals surface area contributed by atoms with Gasteiger partial charge in [0, 0.05) is 0 Å². The van der Waals surface area contributed by atoms with Crippen LogP contribution < -0.4 is 0 Å². The minimum atomic E-state index is -3.62. The van der Waals surface area contributed by atoms with Gasteiger partial charge in [-0.3, -0.25) is 0 Å². The molecule has 0 fully saturated rings. The molecule has 6 heteroatoms. The lowest BCUT2D eigenvalue weighted by Gasteiger charge is -2.14. The van der Waals surface area contributed by atoms with Gasteiger partial charge >= 0.3 is 0 Å². The van der Waals surface area contributed by atoms with E-state index < -0.39 is 18.2 Å². The first-order chi connectivity index (χ1) is 4.19. The van der Waals surface area contributed by atoms with Gasteiger partial charge in [0.1, 0.15) is 0 Å². The molecule has 0 aliphatic carbocycles. The molecule has 0 saturated heterocycles. The first-order valence-electron chi connectivity index (χ1n) is 2.49. The number of hydrogen-bond donors (Lipinski definition) is 0. The van der Waals surface area contributed by atoms with Crippen molar-refractivity contribution in [3.05, 3.63) is 0 Å². The number of hydrogen-bond acceptors (Lipinski definition) is 2. The number of rotatable bonds is 1. The summed E-state index contributed by atoms with van der Waals surface area (Å²) in [5, 5.41) is -0.667. The van der Waals surface area contributed by atoms with E-state index in [0.717, 1.165) is 0 Å². The van der Waals surface area contributed by atoms with Crippen molar-refractivity contribution in [3.63, 3.8) is 0 Å². The predicted octanol–water partition coefficient (Wildman–Crippen LogP) is 2.14. The first kappa shape index (κ1) is 10.8. The predicted molar refractivity (Wildman–Crippen MR) is 44.3 cm³/mol. The molecule has 0 aromatic rings. The molecular formula is C4H7Cl3O2S. The Morgan fingerprint density at radius 3 is 1.50 bits per heavy atom. The molecule has 10 heavy (non-hydrogen) atoms. The summed E-state index contributed by atoms with van der Waals surface area (Å²) < 4.78 is 19.7. The Bertz CT molecular complexity index is 201. The third-order valence-electron chi connectivity index (χ3n) is 0.943. The minimum Gasteiger partial charge on any atom is -0.224 e. The normalized spacial score (nSPS) is 14.2. The molecular weight excluding hydrogens is 218 g/mol. The molecule has 0 N–H and O–H groups in total. The number of sulfone groups is 1. The van der Waals surface area contributed by atoms with E-state index in [2.05, 4.69) is 0 Å². The molecule has 0 aromatic heterocycles. The van der Waals surface area contributed by atoms with Crippen LogP contribution in [-0.2, 0) is 9.84 Å². The molecule has 0 heterocycles. The zero-order chi connectivity index (χ0) is 8.58. The molecule has 0 aromatic carbocycles. The van der Waals surface area contributed by atoms with Crippen LogP contribution in [-0.4, -0.2) is 16.8 Å². The molecule has 0 atom stereocenters. The van der Waals surface area contributed by atoms with E-state index in [-0.39, 0.29) is 0 Å². The standard InChI is InChI=1S/C4H7Cl3O2S/c1-3(2)10(8,9)4(5,6)7/h3H,1-2H3. The van der Waals surface area contributed by atoms with Gasteiger partial charge in [-0.2, -0.15) is 0 Å². The fraction of sp³-hybridized carbons (Fsp3) is 1.00. The van der Waals surface area contributed by atoms with Gasteiger partial charge in [0.05, 0.1) is 5.25 Å². The van der Waals surface area contributed by atoms with Crippen LogP contribution in [0, 0.1) is 0 Å². The van der Waals surface area contributed by atoms with Gasteiger partial charge in [-0.15, -0.1) is 0 Å². The lowest BCUT2D eigenvalue weighted by molar-refractivity contribution is 0.588. The van der Waals surface area contributed by atoms with Gasteiger partial charge in [-0.05, 0) is 13.8 Å². The second kappa shape index (κ2) is 3.05. The number of halogens is 3. The van der Waals surface area contributed by atoms with Crippen LogP contribution in [0.15, 0.2) is 0 Å². The van der Waals surface area contributed by atoms with Crippen LogP contribution in [0.1, 0.15) is 13.8 Å². The molecule has 0 rings (SSSR count). The van der Waals surface area contributed by atoms with Crippen molar-refractivity contribution in [2.45, 2.75) is 22.2 Å². The van der Waals surface area contributed by atoms with E-state index in [1.807, 2.05) is 0 Å². The monoisotopic (exact) mass is 224 g/mol. The SMILES string of the molecule is CC(C)S(=O)(=O)C(Cl)(Cl)Cl. The van der Waals surface area contributed by atoms with Crippen LogP contribution >= 0.6 is 34.8 Å². The third kappa shape index (κ3) is 2.16. The summed E-state index contributed by atoms with van der Waals surface area (Å²) in [7, 11) is -3.62. The maximum Gasteiger partial charge on any atom is 0.292 e. The maximum absolute atomic E-state index is 11.0. The Labute approximate surface area is 75.4 Å². The summed E-state index contributed by atoms with van der Waals surface area (Å²) in [6.45, 7) is 2.91. The van der Waals surface area contributed by atoms with Crippen molar-refractivity contribution in [1.82, 2.24) is 0 Å². The highest BCUT2D eigenvalue weighted by Crippen LogP contribution is 2.35. The zero-order valence-corrected chi connectivity index (χ0v) is 8.52. The Morgan fingerprint density at radius 1 is 1.20 bits per heavy atom. The smallest absolute Gasteiger partial charge is 0.224 e. The van der Waals surface area contributed by atoms with Gasteiger partial charge in [0.25, 0.3) is 3.12 Å². The second-order valence-corrected chi connectivity index (χ2v) is 7.64. The molecule has 2 nitrogen and oxygen atoms in total. The Kier molecular flexibility index (Phi) is 3.30. The van der Waals surface area contributed by atoms with Crippen LogP contribution in [0.4, 0.5) is 0 Å². The van der Waals surface area contributed by atoms with Crippen molar-refractivity contribution in [1.29, 1.82) is 0 Å². The summed E-state index contributed by atoms with van der Waals surface area (Å²) in [5.74, 6) is 0. The highest BCUT2D eigenvalue weighted by Gasteiger charge is 2.39. The number of alkyl halides is 3. The van der Waals surface area contributed by atoms with Crippen molar-refractivity contribution >= 4 is 44.6 Å². The largest absolute Gasteiger partial charge is 0.292 e. The molecule has 0 amide bonds. The molecule has 0 aliphatic rings. The molecule has 0 bridgehead atoms.